The van der Waals surface area contributed by atoms with Gasteiger partial charge in [0.2, 0.25) is 5.91 Å². The molecule has 0 bridgehead atoms. The number of carboxylic acids is 1. The maximum absolute atomic E-state index is 12.7. The van der Waals surface area contributed by atoms with Crippen LogP contribution in [0.4, 0.5) is 0 Å². The number of likely N-dealkylation sites (tertiary alicyclic amines) is 1. The first-order valence-electron chi connectivity index (χ1n) is 8.96. The molecule has 0 aromatic heterocycles. The van der Waals surface area contributed by atoms with Gasteiger partial charge < -0.3 is 10.0 Å². The summed E-state index contributed by atoms with van der Waals surface area (Å²) in [4.78, 5) is 26.9. The van der Waals surface area contributed by atoms with Crippen molar-refractivity contribution in [3.8, 4) is 0 Å². The second kappa shape index (κ2) is 8.45. The number of halogens is 1. The SMILES string of the molecule is O=C(O)C1CCC(C(=O)N2CCC(Sc3ccc(Cl)cc3)CC2)CC1. The number of hydrogen-bond acceptors (Lipinski definition) is 3. The van der Waals surface area contributed by atoms with Crippen molar-refractivity contribution in [1.29, 1.82) is 0 Å². The Morgan fingerprint density at radius 3 is 2.08 bits per heavy atom. The molecule has 0 spiro atoms. The van der Waals surface area contributed by atoms with Crippen molar-refractivity contribution in [3.05, 3.63) is 29.3 Å². The van der Waals surface area contributed by atoms with Gasteiger partial charge >= 0.3 is 5.97 Å². The summed E-state index contributed by atoms with van der Waals surface area (Å²) < 4.78 is 0. The Morgan fingerprint density at radius 1 is 0.960 bits per heavy atom. The first-order chi connectivity index (χ1) is 12.0. The molecule has 3 rings (SSSR count). The van der Waals surface area contributed by atoms with E-state index < -0.39 is 5.97 Å². The third-order valence-corrected chi connectivity index (χ3v) is 6.90. The van der Waals surface area contributed by atoms with Crippen LogP contribution < -0.4 is 0 Å². The van der Waals surface area contributed by atoms with Crippen molar-refractivity contribution in [2.45, 2.75) is 48.7 Å². The summed E-state index contributed by atoms with van der Waals surface area (Å²) in [5, 5.41) is 10.4. The quantitative estimate of drug-likeness (QED) is 0.844. The lowest BCUT2D eigenvalue weighted by Gasteiger charge is -2.35. The number of amides is 1. The number of piperidine rings is 1. The molecule has 1 heterocycles. The number of nitrogens with zero attached hydrogens (tertiary/aromatic N) is 1. The van der Waals surface area contributed by atoms with E-state index in [1.165, 1.54) is 4.90 Å². The van der Waals surface area contributed by atoms with Crippen molar-refractivity contribution in [3.63, 3.8) is 0 Å². The van der Waals surface area contributed by atoms with E-state index in [0.29, 0.717) is 18.1 Å². The highest BCUT2D eigenvalue weighted by atomic mass is 35.5. The van der Waals surface area contributed by atoms with Gasteiger partial charge in [-0.2, -0.15) is 0 Å². The summed E-state index contributed by atoms with van der Waals surface area (Å²) in [6, 6.07) is 7.92. The topological polar surface area (TPSA) is 57.6 Å². The van der Waals surface area contributed by atoms with Gasteiger partial charge in [0.05, 0.1) is 5.92 Å². The van der Waals surface area contributed by atoms with Gasteiger partial charge in [-0.15, -0.1) is 11.8 Å². The maximum atomic E-state index is 12.7. The fourth-order valence-electron chi connectivity index (χ4n) is 3.75. The fraction of sp³-hybridized carbons (Fsp3) is 0.579. The molecule has 1 saturated heterocycles. The molecule has 4 nitrogen and oxygen atoms in total. The minimum Gasteiger partial charge on any atom is -0.481 e. The molecule has 1 amide bonds. The smallest absolute Gasteiger partial charge is 0.306 e. The third kappa shape index (κ3) is 4.91. The van der Waals surface area contributed by atoms with Crippen molar-refractivity contribution in [2.75, 3.05) is 13.1 Å². The average Bonchev–Trinajstić information content (AvgIpc) is 2.64. The highest BCUT2D eigenvalue weighted by molar-refractivity contribution is 8.00. The second-order valence-electron chi connectivity index (χ2n) is 6.98. The van der Waals surface area contributed by atoms with E-state index in [1.54, 1.807) is 0 Å². The van der Waals surface area contributed by atoms with E-state index in [9.17, 15) is 9.59 Å². The van der Waals surface area contributed by atoms with Crippen LogP contribution in [0.1, 0.15) is 38.5 Å². The summed E-state index contributed by atoms with van der Waals surface area (Å²) in [6.07, 6.45) is 4.71. The predicted molar refractivity (Wildman–Crippen MR) is 100.0 cm³/mol. The first kappa shape index (κ1) is 18.6. The van der Waals surface area contributed by atoms with E-state index in [4.69, 9.17) is 16.7 Å². The summed E-state index contributed by atoms with van der Waals surface area (Å²) in [6.45, 7) is 1.62. The van der Waals surface area contributed by atoms with Crippen LogP contribution in [0.3, 0.4) is 0 Å². The van der Waals surface area contributed by atoms with Crippen LogP contribution in [-0.2, 0) is 9.59 Å². The predicted octanol–water partition coefficient (Wildman–Crippen LogP) is 4.31. The molecule has 0 radical (unpaired) electrons. The summed E-state index contributed by atoms with van der Waals surface area (Å²) in [7, 11) is 0. The minimum atomic E-state index is -0.717. The zero-order valence-electron chi connectivity index (χ0n) is 14.2. The van der Waals surface area contributed by atoms with Gasteiger partial charge in [0.1, 0.15) is 0 Å². The van der Waals surface area contributed by atoms with Gasteiger partial charge in [-0.05, 0) is 62.8 Å². The van der Waals surface area contributed by atoms with E-state index in [-0.39, 0.29) is 17.7 Å². The maximum Gasteiger partial charge on any atom is 0.306 e. The van der Waals surface area contributed by atoms with Crippen LogP contribution in [0.5, 0.6) is 0 Å². The van der Waals surface area contributed by atoms with E-state index in [1.807, 2.05) is 40.9 Å². The summed E-state index contributed by atoms with van der Waals surface area (Å²) >= 11 is 7.79. The molecule has 1 N–H and O–H groups in total. The average molecular weight is 382 g/mol. The molecule has 1 aromatic carbocycles. The zero-order valence-corrected chi connectivity index (χ0v) is 15.8. The number of benzene rings is 1. The number of carboxylic acid groups (broad SMARTS) is 1. The molecule has 25 heavy (non-hydrogen) atoms. The van der Waals surface area contributed by atoms with Crippen LogP contribution in [0.25, 0.3) is 0 Å². The molecule has 1 aliphatic carbocycles. The van der Waals surface area contributed by atoms with E-state index >= 15 is 0 Å². The molecule has 0 atom stereocenters. The summed E-state index contributed by atoms with van der Waals surface area (Å²) in [5.74, 6) is -0.716. The fourth-order valence-corrected chi connectivity index (χ4v) is 5.00. The number of aliphatic carboxylic acids is 1. The minimum absolute atomic E-state index is 0.0241. The lowest BCUT2D eigenvalue weighted by molar-refractivity contribution is -0.145. The number of rotatable bonds is 4. The Kier molecular flexibility index (Phi) is 6.29. The Hall–Kier alpha value is -1.20. The Morgan fingerprint density at radius 2 is 1.52 bits per heavy atom. The Balaban J connectivity index is 1.45. The van der Waals surface area contributed by atoms with Gasteiger partial charge in [-0.25, -0.2) is 0 Å². The molecule has 1 saturated carbocycles. The van der Waals surface area contributed by atoms with Crippen molar-refractivity contribution >= 4 is 35.2 Å². The van der Waals surface area contributed by atoms with Crippen LogP contribution in [-0.4, -0.2) is 40.2 Å². The highest BCUT2D eigenvalue weighted by Crippen LogP contribution is 2.34. The van der Waals surface area contributed by atoms with Crippen molar-refractivity contribution < 1.29 is 14.7 Å². The van der Waals surface area contributed by atoms with Crippen LogP contribution in [0.2, 0.25) is 5.02 Å². The molecule has 1 aliphatic heterocycles. The molecule has 136 valence electrons. The summed E-state index contributed by atoms with van der Waals surface area (Å²) in [5.41, 5.74) is 0. The first-order valence-corrected chi connectivity index (χ1v) is 10.2. The van der Waals surface area contributed by atoms with Crippen LogP contribution in [0.15, 0.2) is 29.2 Å². The van der Waals surface area contributed by atoms with Gasteiger partial charge in [0, 0.05) is 34.2 Å². The molecule has 6 heteroatoms. The van der Waals surface area contributed by atoms with Gasteiger partial charge in [-0.3, -0.25) is 9.59 Å². The molecule has 0 unspecified atom stereocenters. The lowest BCUT2D eigenvalue weighted by Crippen LogP contribution is -2.43. The normalized spacial score (nSPS) is 24.9. The van der Waals surface area contributed by atoms with Gasteiger partial charge in [-0.1, -0.05) is 11.6 Å². The van der Waals surface area contributed by atoms with Crippen molar-refractivity contribution in [1.82, 2.24) is 4.90 Å². The molecule has 2 aliphatic rings. The third-order valence-electron chi connectivity index (χ3n) is 5.30. The van der Waals surface area contributed by atoms with Gasteiger partial charge in [0.15, 0.2) is 0 Å². The Labute approximate surface area is 157 Å². The standard InChI is InChI=1S/C19H24ClNO3S/c20-15-5-7-16(8-6-15)25-17-9-11-21(12-10-17)18(22)13-1-3-14(4-2-13)19(23)24/h5-8,13-14,17H,1-4,9-12H2,(H,23,24). The number of carbonyl (C=O) groups excluding carboxylic acids is 1. The molecule has 2 fully saturated rings. The number of carbonyl (C=O) groups is 2. The monoisotopic (exact) mass is 381 g/mol. The molecule has 1 aromatic rings. The van der Waals surface area contributed by atoms with Crippen molar-refractivity contribution in [2.24, 2.45) is 11.8 Å². The van der Waals surface area contributed by atoms with Crippen LogP contribution >= 0.6 is 23.4 Å². The highest BCUT2D eigenvalue weighted by Gasteiger charge is 2.33. The molecular formula is C19H24ClNO3S. The largest absolute Gasteiger partial charge is 0.481 e. The lowest BCUT2D eigenvalue weighted by atomic mass is 9.81. The number of thioether (sulfide) groups is 1. The second-order valence-corrected chi connectivity index (χ2v) is 8.79. The Bertz CT molecular complexity index is 606. The van der Waals surface area contributed by atoms with E-state index in [2.05, 4.69) is 0 Å². The number of hydrogen-bond donors (Lipinski definition) is 1. The van der Waals surface area contributed by atoms with Gasteiger partial charge in [0.25, 0.3) is 0 Å². The van der Waals surface area contributed by atoms with E-state index in [0.717, 1.165) is 43.8 Å². The molecular weight excluding hydrogens is 358 g/mol. The zero-order chi connectivity index (χ0) is 17.8. The van der Waals surface area contributed by atoms with Crippen LogP contribution in [0, 0.1) is 11.8 Å².